The lowest BCUT2D eigenvalue weighted by Crippen LogP contribution is -2.44. The first-order chi connectivity index (χ1) is 15.6. The van der Waals surface area contributed by atoms with Gasteiger partial charge in [-0.15, -0.1) is 0 Å². The number of carbonyl (C=O) groups excluding carboxylic acids is 3. The molecule has 1 aromatic heterocycles. The van der Waals surface area contributed by atoms with E-state index in [1.54, 1.807) is 36.2 Å². The predicted molar refractivity (Wildman–Crippen MR) is 119 cm³/mol. The quantitative estimate of drug-likeness (QED) is 0.399. The molecule has 0 bridgehead atoms. The number of ketones is 1. The number of benzene rings is 1. The van der Waals surface area contributed by atoms with Crippen molar-refractivity contribution in [1.82, 2.24) is 19.6 Å². The highest BCUT2D eigenvalue weighted by Crippen LogP contribution is 2.41. The van der Waals surface area contributed by atoms with Crippen LogP contribution in [-0.4, -0.2) is 68.3 Å². The zero-order valence-corrected chi connectivity index (χ0v) is 19.0. The third-order valence-electron chi connectivity index (χ3n) is 6.95. The molecule has 0 radical (unpaired) electrons. The van der Waals surface area contributed by atoms with Crippen LogP contribution in [0.4, 0.5) is 5.69 Å². The lowest BCUT2D eigenvalue weighted by Gasteiger charge is -2.39. The second-order valence-corrected chi connectivity index (χ2v) is 9.07. The lowest BCUT2D eigenvalue weighted by molar-refractivity contribution is -0.385. The SMILES string of the molecule is CC(=O)c1ccc(C(=O)N2CCC3(CC2)CCN(C(=O)c2c([N+](=O)[O-])c(C)nn2C)C3)cc1. The Labute approximate surface area is 191 Å². The van der Waals surface area contributed by atoms with Gasteiger partial charge in [-0.05, 0) is 50.7 Å². The van der Waals surface area contributed by atoms with E-state index >= 15 is 0 Å². The van der Waals surface area contributed by atoms with E-state index in [1.807, 2.05) is 4.90 Å². The average molecular weight is 453 g/mol. The molecule has 33 heavy (non-hydrogen) atoms. The molecule has 0 saturated carbocycles. The molecule has 2 aliphatic rings. The second kappa shape index (κ2) is 8.42. The summed E-state index contributed by atoms with van der Waals surface area (Å²) in [5, 5.41) is 15.5. The summed E-state index contributed by atoms with van der Waals surface area (Å²) >= 11 is 0. The smallest absolute Gasteiger partial charge is 0.322 e. The molecule has 2 aliphatic heterocycles. The van der Waals surface area contributed by atoms with Crippen LogP contribution in [-0.2, 0) is 7.05 Å². The number of nitrogens with zero attached hydrogens (tertiary/aromatic N) is 5. The van der Waals surface area contributed by atoms with Crippen LogP contribution in [0.15, 0.2) is 24.3 Å². The van der Waals surface area contributed by atoms with Crippen molar-refractivity contribution < 1.29 is 19.3 Å². The van der Waals surface area contributed by atoms with Gasteiger partial charge in [0.25, 0.3) is 11.8 Å². The third-order valence-corrected chi connectivity index (χ3v) is 6.95. The molecule has 10 nitrogen and oxygen atoms in total. The Morgan fingerprint density at radius 1 is 0.970 bits per heavy atom. The molecule has 2 fully saturated rings. The molecular weight excluding hydrogens is 426 g/mol. The number of nitro groups is 1. The Morgan fingerprint density at radius 3 is 2.06 bits per heavy atom. The number of Topliss-reactive ketones (excluding diaryl/α,β-unsaturated/α-hetero) is 1. The molecule has 0 N–H and O–H groups in total. The summed E-state index contributed by atoms with van der Waals surface area (Å²) in [6.45, 7) is 5.23. The summed E-state index contributed by atoms with van der Waals surface area (Å²) in [7, 11) is 1.55. The van der Waals surface area contributed by atoms with Crippen LogP contribution >= 0.6 is 0 Å². The van der Waals surface area contributed by atoms with Crippen molar-refractivity contribution in [2.24, 2.45) is 12.5 Å². The van der Waals surface area contributed by atoms with Gasteiger partial charge in [-0.2, -0.15) is 5.10 Å². The number of piperidine rings is 1. The Morgan fingerprint density at radius 2 is 1.52 bits per heavy atom. The summed E-state index contributed by atoms with van der Waals surface area (Å²) < 4.78 is 1.29. The second-order valence-electron chi connectivity index (χ2n) is 9.07. The summed E-state index contributed by atoms with van der Waals surface area (Å²) in [4.78, 5) is 51.9. The van der Waals surface area contributed by atoms with E-state index in [2.05, 4.69) is 5.10 Å². The van der Waals surface area contributed by atoms with Gasteiger partial charge in [-0.3, -0.25) is 29.2 Å². The molecule has 3 heterocycles. The minimum atomic E-state index is -0.547. The number of carbonyl (C=O) groups is 3. The zero-order chi connectivity index (χ0) is 23.9. The molecule has 1 spiro atoms. The van der Waals surface area contributed by atoms with Crippen molar-refractivity contribution in [2.45, 2.75) is 33.1 Å². The number of amides is 2. The van der Waals surface area contributed by atoms with Gasteiger partial charge in [0.15, 0.2) is 5.78 Å². The molecular formula is C23H27N5O5. The summed E-state index contributed by atoms with van der Waals surface area (Å²) in [5.41, 5.74) is 1.04. The highest BCUT2D eigenvalue weighted by molar-refractivity contribution is 5.98. The van der Waals surface area contributed by atoms with Gasteiger partial charge >= 0.3 is 5.69 Å². The Bertz CT molecular complexity index is 1130. The van der Waals surface area contributed by atoms with Crippen molar-refractivity contribution in [3.8, 4) is 0 Å². The van der Waals surface area contributed by atoms with E-state index in [0.717, 1.165) is 19.3 Å². The standard InChI is InChI=1S/C23H27N5O5/c1-15-19(28(32)33)20(25(3)24-15)22(31)27-13-10-23(14-27)8-11-26(12-9-23)21(30)18-6-4-17(5-7-18)16(2)29/h4-7H,8-14H2,1-3H3. The molecule has 4 rings (SSSR count). The first kappa shape index (κ1) is 22.6. The Kier molecular flexibility index (Phi) is 5.77. The van der Waals surface area contributed by atoms with E-state index in [1.165, 1.54) is 18.5 Å². The Hall–Kier alpha value is -3.56. The minimum absolute atomic E-state index is 0.0103. The minimum Gasteiger partial charge on any atom is -0.339 e. The number of likely N-dealkylation sites (tertiary alicyclic amines) is 2. The van der Waals surface area contributed by atoms with Crippen LogP contribution < -0.4 is 0 Å². The van der Waals surface area contributed by atoms with Crippen LogP contribution in [0.2, 0.25) is 0 Å². The van der Waals surface area contributed by atoms with E-state index in [0.29, 0.717) is 37.3 Å². The molecule has 1 aromatic carbocycles. The fourth-order valence-electron chi connectivity index (χ4n) is 4.99. The van der Waals surface area contributed by atoms with Crippen molar-refractivity contribution in [2.75, 3.05) is 26.2 Å². The zero-order valence-electron chi connectivity index (χ0n) is 19.0. The highest BCUT2D eigenvalue weighted by Gasteiger charge is 2.44. The number of aromatic nitrogens is 2. The predicted octanol–water partition coefficient (Wildman–Crippen LogP) is 2.61. The molecule has 2 saturated heterocycles. The molecule has 2 aromatic rings. The lowest BCUT2D eigenvalue weighted by atomic mass is 9.77. The Balaban J connectivity index is 1.41. The van der Waals surface area contributed by atoms with Crippen molar-refractivity contribution in [3.05, 3.63) is 56.9 Å². The maximum Gasteiger partial charge on any atom is 0.322 e. The van der Waals surface area contributed by atoms with Crippen LogP contribution in [0, 0.1) is 22.5 Å². The summed E-state index contributed by atoms with van der Waals surface area (Å²) in [6, 6.07) is 6.70. The first-order valence-corrected chi connectivity index (χ1v) is 11.0. The average Bonchev–Trinajstić information content (AvgIpc) is 3.33. The van der Waals surface area contributed by atoms with Crippen molar-refractivity contribution in [3.63, 3.8) is 0 Å². The third kappa shape index (κ3) is 4.12. The van der Waals surface area contributed by atoms with Gasteiger partial charge in [0.2, 0.25) is 5.69 Å². The van der Waals surface area contributed by atoms with E-state index in [-0.39, 0.29) is 40.1 Å². The molecule has 0 atom stereocenters. The maximum absolute atomic E-state index is 13.1. The van der Waals surface area contributed by atoms with Gasteiger partial charge in [0, 0.05) is 44.4 Å². The number of hydrogen-bond acceptors (Lipinski definition) is 6. The van der Waals surface area contributed by atoms with Gasteiger partial charge in [0.1, 0.15) is 5.69 Å². The van der Waals surface area contributed by atoms with Gasteiger partial charge in [-0.25, -0.2) is 0 Å². The summed E-state index contributed by atoms with van der Waals surface area (Å²) in [6.07, 6.45) is 2.33. The fraction of sp³-hybridized carbons (Fsp3) is 0.478. The van der Waals surface area contributed by atoms with Gasteiger partial charge < -0.3 is 9.80 Å². The molecule has 174 valence electrons. The van der Waals surface area contributed by atoms with Crippen LogP contribution in [0.1, 0.15) is 63.1 Å². The topological polar surface area (TPSA) is 119 Å². The highest BCUT2D eigenvalue weighted by atomic mass is 16.6. The first-order valence-electron chi connectivity index (χ1n) is 11.0. The molecule has 10 heteroatoms. The number of aryl methyl sites for hydroxylation is 2. The normalized spacial score (nSPS) is 17.4. The van der Waals surface area contributed by atoms with Crippen molar-refractivity contribution in [1.29, 1.82) is 0 Å². The molecule has 2 amide bonds. The van der Waals surface area contributed by atoms with Gasteiger partial charge in [0.05, 0.1) is 4.92 Å². The maximum atomic E-state index is 13.1. The van der Waals surface area contributed by atoms with E-state index in [4.69, 9.17) is 0 Å². The van der Waals surface area contributed by atoms with Crippen LogP contribution in [0.25, 0.3) is 0 Å². The van der Waals surface area contributed by atoms with Crippen molar-refractivity contribution >= 4 is 23.3 Å². The largest absolute Gasteiger partial charge is 0.339 e. The fourth-order valence-corrected chi connectivity index (χ4v) is 4.99. The van der Waals surface area contributed by atoms with Crippen LogP contribution in [0.5, 0.6) is 0 Å². The number of rotatable bonds is 4. The molecule has 0 unspecified atom stereocenters. The van der Waals surface area contributed by atoms with Crippen LogP contribution in [0.3, 0.4) is 0 Å². The van der Waals surface area contributed by atoms with E-state index < -0.39 is 4.92 Å². The number of hydrogen-bond donors (Lipinski definition) is 0. The summed E-state index contributed by atoms with van der Waals surface area (Å²) in [5.74, 6) is -0.474. The van der Waals surface area contributed by atoms with E-state index in [9.17, 15) is 24.5 Å². The van der Waals surface area contributed by atoms with Gasteiger partial charge in [-0.1, -0.05) is 12.1 Å². The molecule has 0 aliphatic carbocycles. The monoisotopic (exact) mass is 453 g/mol.